The summed E-state index contributed by atoms with van der Waals surface area (Å²) in [7, 11) is 1.84. The molecule has 1 saturated carbocycles. The number of likely N-dealkylation sites (N-methyl/N-ethyl adjacent to an activating group) is 1. The lowest BCUT2D eigenvalue weighted by atomic mass is 9.80. The van der Waals surface area contributed by atoms with Crippen molar-refractivity contribution in [3.05, 3.63) is 76.1 Å². The molecule has 1 spiro atoms. The number of oxime groups is 1. The Balaban J connectivity index is 1.12. The summed E-state index contributed by atoms with van der Waals surface area (Å²) in [6, 6.07) is 7.26. The second kappa shape index (κ2) is 10.1. The first-order valence-electron chi connectivity index (χ1n) is 13.4. The molecule has 6 rings (SSSR count). The van der Waals surface area contributed by atoms with Gasteiger partial charge in [0.2, 0.25) is 5.91 Å². The minimum atomic E-state index is -0.987. The number of aliphatic hydroxyl groups is 1. The van der Waals surface area contributed by atoms with Crippen molar-refractivity contribution in [2.45, 2.75) is 49.9 Å². The number of halogens is 2. The molecule has 3 aliphatic heterocycles. The number of carbonyl (C=O) groups is 1. The number of ether oxygens (including phenoxy) is 1. The maximum Gasteiger partial charge on any atom is 0.226 e. The molecule has 1 saturated heterocycles. The number of rotatable bonds is 7. The van der Waals surface area contributed by atoms with Crippen molar-refractivity contribution >= 4 is 11.6 Å². The van der Waals surface area contributed by atoms with Gasteiger partial charge in [0, 0.05) is 45.0 Å². The van der Waals surface area contributed by atoms with Gasteiger partial charge >= 0.3 is 0 Å². The van der Waals surface area contributed by atoms with Gasteiger partial charge in [0.15, 0.2) is 11.6 Å². The van der Waals surface area contributed by atoms with Gasteiger partial charge in [-0.1, -0.05) is 11.2 Å². The Kier molecular flexibility index (Phi) is 6.73. The van der Waals surface area contributed by atoms with E-state index in [1.165, 1.54) is 17.2 Å². The van der Waals surface area contributed by atoms with E-state index in [1.807, 2.05) is 13.1 Å². The summed E-state index contributed by atoms with van der Waals surface area (Å²) in [4.78, 5) is 26.4. The van der Waals surface area contributed by atoms with Crippen LogP contribution in [0.2, 0.25) is 0 Å². The fraction of sp³-hybridized carbons (Fsp3) is 0.483. The molecule has 1 aromatic heterocycles. The van der Waals surface area contributed by atoms with Crippen molar-refractivity contribution in [3.63, 3.8) is 0 Å². The van der Waals surface area contributed by atoms with Crippen molar-refractivity contribution in [3.8, 4) is 0 Å². The van der Waals surface area contributed by atoms with Crippen LogP contribution < -0.4 is 0 Å². The van der Waals surface area contributed by atoms with Gasteiger partial charge in [-0.15, -0.1) is 0 Å². The SMILES string of the molecule is CN1CC2=C(CC1=O)C1(CCN(Cc3ccc(C(=NOCC4(O)CC4)c4ccc(F)c(F)c4)nc3)CC1)OC2. The van der Waals surface area contributed by atoms with Crippen LogP contribution in [0.4, 0.5) is 8.78 Å². The fourth-order valence-electron chi connectivity index (χ4n) is 5.64. The number of hydrogen-bond acceptors (Lipinski definition) is 7. The first kappa shape index (κ1) is 26.0. The average molecular weight is 539 g/mol. The van der Waals surface area contributed by atoms with Crippen molar-refractivity contribution < 1.29 is 28.3 Å². The fourth-order valence-corrected chi connectivity index (χ4v) is 5.64. The Labute approximate surface area is 225 Å². The van der Waals surface area contributed by atoms with Crippen molar-refractivity contribution in [1.82, 2.24) is 14.8 Å². The van der Waals surface area contributed by atoms with Crippen LogP contribution in [0.25, 0.3) is 0 Å². The molecule has 1 amide bonds. The topological polar surface area (TPSA) is 87.5 Å². The van der Waals surface area contributed by atoms with Crippen LogP contribution in [0.15, 0.2) is 52.8 Å². The van der Waals surface area contributed by atoms with E-state index in [4.69, 9.17) is 9.57 Å². The van der Waals surface area contributed by atoms with Gasteiger partial charge in [-0.2, -0.15) is 0 Å². The zero-order valence-corrected chi connectivity index (χ0v) is 22.0. The molecule has 2 aromatic rings. The molecule has 4 aliphatic rings. The lowest BCUT2D eigenvalue weighted by Crippen LogP contribution is -2.46. The predicted octanol–water partition coefficient (Wildman–Crippen LogP) is 3.18. The highest BCUT2D eigenvalue weighted by Gasteiger charge is 2.46. The van der Waals surface area contributed by atoms with Crippen LogP contribution in [0.5, 0.6) is 0 Å². The molecular weight excluding hydrogens is 506 g/mol. The second-order valence-corrected chi connectivity index (χ2v) is 11.2. The second-order valence-electron chi connectivity index (χ2n) is 11.2. The molecular formula is C29H32F2N4O4. The van der Waals surface area contributed by atoms with Gasteiger partial charge < -0.3 is 19.6 Å². The molecule has 0 bridgehead atoms. The summed E-state index contributed by atoms with van der Waals surface area (Å²) < 4.78 is 33.8. The molecule has 39 heavy (non-hydrogen) atoms. The zero-order valence-electron chi connectivity index (χ0n) is 22.0. The lowest BCUT2D eigenvalue weighted by molar-refractivity contribution is -0.129. The third-order valence-corrected chi connectivity index (χ3v) is 8.33. The van der Waals surface area contributed by atoms with Gasteiger partial charge in [-0.05, 0) is 66.7 Å². The number of nitrogens with zero attached hydrogens (tertiary/aromatic N) is 4. The van der Waals surface area contributed by atoms with Gasteiger partial charge in [0.25, 0.3) is 0 Å². The molecule has 0 radical (unpaired) electrons. The van der Waals surface area contributed by atoms with Crippen LogP contribution in [0.1, 0.15) is 48.9 Å². The Hall–Kier alpha value is -3.21. The van der Waals surface area contributed by atoms with Crippen LogP contribution in [-0.2, 0) is 20.9 Å². The standard InChI is InChI=1S/C29H32F2N4O4/c1-34-16-21-17-38-29(22(21)13-26(34)36)8-10-35(11-9-29)15-19-2-5-25(32-14-19)27(33-39-18-28(37)6-7-28)20-3-4-23(30)24(31)12-20/h2-5,12,14,37H,6-11,13,15-18H2,1H3. The van der Waals surface area contributed by atoms with Crippen LogP contribution in [0.3, 0.4) is 0 Å². The van der Waals surface area contributed by atoms with Gasteiger partial charge in [-0.25, -0.2) is 8.78 Å². The highest BCUT2D eigenvalue weighted by atomic mass is 19.2. The van der Waals surface area contributed by atoms with E-state index < -0.39 is 17.2 Å². The number of pyridine rings is 1. The number of hydrogen-bond donors (Lipinski definition) is 1. The van der Waals surface area contributed by atoms with E-state index >= 15 is 0 Å². The highest BCUT2D eigenvalue weighted by Crippen LogP contribution is 2.44. The first-order chi connectivity index (χ1) is 18.7. The Morgan fingerprint density at radius 1 is 1.15 bits per heavy atom. The largest absolute Gasteiger partial charge is 0.392 e. The number of benzene rings is 1. The number of amides is 1. The Bertz CT molecular complexity index is 1330. The van der Waals surface area contributed by atoms with E-state index in [-0.39, 0.29) is 23.8 Å². The zero-order chi connectivity index (χ0) is 27.2. The summed E-state index contributed by atoms with van der Waals surface area (Å²) in [6.45, 7) is 3.71. The van der Waals surface area contributed by atoms with E-state index in [9.17, 15) is 18.7 Å². The monoisotopic (exact) mass is 538 g/mol. The van der Waals surface area contributed by atoms with E-state index in [0.717, 1.165) is 43.6 Å². The molecule has 1 N–H and O–H groups in total. The molecule has 8 nitrogen and oxygen atoms in total. The normalized spacial score (nSPS) is 22.4. The molecule has 4 heterocycles. The third kappa shape index (κ3) is 5.33. The number of piperidine rings is 1. The minimum absolute atomic E-state index is 0.0294. The molecule has 206 valence electrons. The lowest BCUT2D eigenvalue weighted by Gasteiger charge is -2.41. The van der Waals surface area contributed by atoms with Gasteiger partial charge in [0.1, 0.15) is 17.9 Å². The summed E-state index contributed by atoms with van der Waals surface area (Å²) in [6.07, 6.45) is 5.21. The van der Waals surface area contributed by atoms with Crippen molar-refractivity contribution in [1.29, 1.82) is 0 Å². The number of fused-ring (bicyclic) bond motifs is 1. The minimum Gasteiger partial charge on any atom is -0.392 e. The summed E-state index contributed by atoms with van der Waals surface area (Å²) in [5.74, 6) is -1.78. The van der Waals surface area contributed by atoms with Gasteiger partial charge in [0.05, 0.1) is 24.3 Å². The number of carbonyl (C=O) groups excluding carboxylic acids is 1. The van der Waals surface area contributed by atoms with Gasteiger partial charge in [-0.3, -0.25) is 14.7 Å². The van der Waals surface area contributed by atoms with Crippen molar-refractivity contribution in [2.24, 2.45) is 5.16 Å². The molecule has 0 unspecified atom stereocenters. The Morgan fingerprint density at radius 2 is 1.95 bits per heavy atom. The molecule has 10 heteroatoms. The molecule has 2 fully saturated rings. The van der Waals surface area contributed by atoms with E-state index in [0.29, 0.717) is 50.2 Å². The van der Waals surface area contributed by atoms with E-state index in [1.54, 1.807) is 17.2 Å². The van der Waals surface area contributed by atoms with Crippen LogP contribution >= 0.6 is 0 Å². The third-order valence-electron chi connectivity index (χ3n) is 8.33. The molecule has 0 atom stereocenters. The summed E-state index contributed by atoms with van der Waals surface area (Å²) in [5.41, 5.74) is 3.35. The summed E-state index contributed by atoms with van der Waals surface area (Å²) in [5, 5.41) is 14.2. The van der Waals surface area contributed by atoms with Crippen LogP contribution in [0, 0.1) is 11.6 Å². The van der Waals surface area contributed by atoms with Crippen molar-refractivity contribution in [2.75, 3.05) is 39.9 Å². The maximum atomic E-state index is 14.0. The predicted molar refractivity (Wildman–Crippen MR) is 139 cm³/mol. The highest BCUT2D eigenvalue weighted by molar-refractivity contribution is 6.11. The quantitative estimate of drug-likeness (QED) is 0.331. The summed E-state index contributed by atoms with van der Waals surface area (Å²) >= 11 is 0. The average Bonchev–Trinajstić information content (AvgIpc) is 3.58. The number of aromatic nitrogens is 1. The molecule has 1 aliphatic carbocycles. The maximum absolute atomic E-state index is 14.0. The van der Waals surface area contributed by atoms with Crippen LogP contribution in [-0.4, -0.2) is 82.6 Å². The molecule has 1 aromatic carbocycles. The van der Waals surface area contributed by atoms with E-state index in [2.05, 4.69) is 15.0 Å². The smallest absolute Gasteiger partial charge is 0.226 e. The first-order valence-corrected chi connectivity index (χ1v) is 13.4. The number of likely N-dealkylation sites (tertiary alicyclic amines) is 1. The Morgan fingerprint density at radius 3 is 2.64 bits per heavy atom.